The van der Waals surface area contributed by atoms with Crippen LogP contribution in [0.15, 0.2) is 99.6 Å². The van der Waals surface area contributed by atoms with Gasteiger partial charge in [-0.3, -0.25) is 9.69 Å². The number of piperazine rings is 1. The first-order valence-corrected chi connectivity index (χ1v) is 12.1. The summed E-state index contributed by atoms with van der Waals surface area (Å²) in [7, 11) is 0. The first-order valence-electron chi connectivity index (χ1n) is 11.1. The van der Waals surface area contributed by atoms with Gasteiger partial charge in [-0.2, -0.15) is 9.78 Å². The van der Waals surface area contributed by atoms with Crippen LogP contribution in [-0.2, 0) is 12.3 Å². The van der Waals surface area contributed by atoms with Crippen molar-refractivity contribution in [2.24, 2.45) is 0 Å². The topological polar surface area (TPSA) is 54.5 Å². The normalized spacial score (nSPS) is 14.5. The van der Waals surface area contributed by atoms with Gasteiger partial charge in [-0.05, 0) is 23.8 Å². The molecule has 1 fully saturated rings. The van der Waals surface area contributed by atoms with Crippen LogP contribution in [0.5, 0.6) is 0 Å². The van der Waals surface area contributed by atoms with Gasteiger partial charge in [0.1, 0.15) is 4.90 Å². The Bertz CT molecular complexity index is 1220. The summed E-state index contributed by atoms with van der Waals surface area (Å²) in [6, 6.07) is 21.9. The van der Waals surface area contributed by atoms with Gasteiger partial charge in [-0.15, -0.1) is 11.8 Å². The molecule has 5 rings (SSSR count). The van der Waals surface area contributed by atoms with Crippen LogP contribution in [0, 0.1) is 0 Å². The van der Waals surface area contributed by atoms with E-state index in [0.29, 0.717) is 0 Å². The minimum absolute atomic E-state index is 0.0690. The van der Waals surface area contributed by atoms with Crippen molar-refractivity contribution in [2.75, 3.05) is 31.1 Å². The van der Waals surface area contributed by atoms with E-state index in [1.807, 2.05) is 60.8 Å². The monoisotopic (exact) mass is 458 g/mol. The van der Waals surface area contributed by atoms with Crippen molar-refractivity contribution in [2.45, 2.75) is 17.2 Å². The Hall–Kier alpha value is -3.29. The van der Waals surface area contributed by atoms with Crippen LogP contribution in [0.1, 0.15) is 11.1 Å². The largest absolute Gasteiger partial charge is 0.472 e. The van der Waals surface area contributed by atoms with Crippen LogP contribution in [0.2, 0.25) is 0 Å². The third-order valence-electron chi connectivity index (χ3n) is 5.84. The number of rotatable bonds is 7. The second kappa shape index (κ2) is 10.1. The molecule has 0 aliphatic carbocycles. The summed E-state index contributed by atoms with van der Waals surface area (Å²) in [5, 5.41) is 4.54. The summed E-state index contributed by atoms with van der Waals surface area (Å²) in [5.74, 6) is 0.738. The van der Waals surface area contributed by atoms with E-state index >= 15 is 0 Å². The summed E-state index contributed by atoms with van der Waals surface area (Å²) in [5.41, 5.74) is 4.02. The average Bonchev–Trinajstić information content (AvgIpc) is 3.38. The minimum Gasteiger partial charge on any atom is -0.472 e. The molecule has 0 saturated carbocycles. The standard InChI is InChI=1S/C26H26N4O2S/c31-26-25(33-20-21-7-3-1-4-8-21)24(17-27-30(26)23-9-5-2-6-10-23)29-14-12-28(13-15-29)18-22-11-16-32-19-22/h1-11,16-17,19H,12-15,18,20H2. The Morgan fingerprint density at radius 2 is 1.61 bits per heavy atom. The molecule has 2 aromatic heterocycles. The fourth-order valence-electron chi connectivity index (χ4n) is 4.06. The molecule has 0 spiro atoms. The molecule has 4 aromatic rings. The van der Waals surface area contributed by atoms with Gasteiger partial charge in [0.2, 0.25) is 0 Å². The number of nitrogens with zero attached hydrogens (tertiary/aromatic N) is 4. The van der Waals surface area contributed by atoms with Crippen LogP contribution < -0.4 is 10.5 Å². The number of hydrogen-bond acceptors (Lipinski definition) is 6. The van der Waals surface area contributed by atoms with Gasteiger partial charge in [0.15, 0.2) is 0 Å². The Morgan fingerprint density at radius 3 is 2.30 bits per heavy atom. The molecule has 0 unspecified atom stereocenters. The first-order chi connectivity index (χ1) is 16.3. The third-order valence-corrected chi connectivity index (χ3v) is 6.99. The molecule has 1 saturated heterocycles. The van der Waals surface area contributed by atoms with Crippen LogP contribution in [0.3, 0.4) is 0 Å². The molecule has 0 bridgehead atoms. The fraction of sp³-hybridized carbons (Fsp3) is 0.231. The molecule has 168 valence electrons. The number of para-hydroxylation sites is 1. The van der Waals surface area contributed by atoms with E-state index in [1.54, 1.807) is 24.3 Å². The number of hydrogen-bond donors (Lipinski definition) is 0. The maximum absolute atomic E-state index is 13.6. The molecule has 1 aliphatic rings. The summed E-state index contributed by atoms with van der Waals surface area (Å²) < 4.78 is 6.71. The van der Waals surface area contributed by atoms with Gasteiger partial charge < -0.3 is 9.32 Å². The molecular weight excluding hydrogens is 432 g/mol. The lowest BCUT2D eigenvalue weighted by Gasteiger charge is -2.36. The van der Waals surface area contributed by atoms with E-state index in [9.17, 15) is 4.79 Å². The molecule has 1 aliphatic heterocycles. The number of aromatic nitrogens is 2. The number of anilines is 1. The average molecular weight is 459 g/mol. The number of thioether (sulfide) groups is 1. The Kier molecular flexibility index (Phi) is 6.60. The fourth-order valence-corrected chi connectivity index (χ4v) is 5.10. The van der Waals surface area contributed by atoms with Crippen molar-refractivity contribution in [3.63, 3.8) is 0 Å². The maximum Gasteiger partial charge on any atom is 0.287 e. The highest BCUT2D eigenvalue weighted by Crippen LogP contribution is 2.30. The van der Waals surface area contributed by atoms with Crippen LogP contribution in [0.4, 0.5) is 5.69 Å². The third kappa shape index (κ3) is 5.05. The van der Waals surface area contributed by atoms with E-state index in [2.05, 4.69) is 27.0 Å². The summed E-state index contributed by atoms with van der Waals surface area (Å²) in [4.78, 5) is 19.0. The first kappa shape index (κ1) is 21.6. The molecular formula is C26H26N4O2S. The van der Waals surface area contributed by atoms with Gasteiger partial charge in [0.05, 0.1) is 30.1 Å². The molecule has 0 amide bonds. The smallest absolute Gasteiger partial charge is 0.287 e. The summed E-state index contributed by atoms with van der Waals surface area (Å²) >= 11 is 1.59. The Balaban J connectivity index is 1.40. The van der Waals surface area contributed by atoms with Gasteiger partial charge in [0, 0.05) is 44.0 Å². The van der Waals surface area contributed by atoms with Gasteiger partial charge in [0.25, 0.3) is 5.56 Å². The van der Waals surface area contributed by atoms with Gasteiger partial charge in [-0.25, -0.2) is 0 Å². The van der Waals surface area contributed by atoms with Crippen molar-refractivity contribution in [3.8, 4) is 5.69 Å². The molecule has 0 N–H and O–H groups in total. The van der Waals surface area contributed by atoms with Gasteiger partial charge in [-0.1, -0.05) is 48.5 Å². The van der Waals surface area contributed by atoms with E-state index in [-0.39, 0.29) is 5.56 Å². The quantitative estimate of drug-likeness (QED) is 0.382. The highest BCUT2D eigenvalue weighted by molar-refractivity contribution is 7.98. The van der Waals surface area contributed by atoms with E-state index < -0.39 is 0 Å². The zero-order chi connectivity index (χ0) is 22.5. The van der Waals surface area contributed by atoms with E-state index in [0.717, 1.165) is 54.7 Å². The molecule has 3 heterocycles. The van der Waals surface area contributed by atoms with Crippen LogP contribution in [0.25, 0.3) is 5.69 Å². The predicted molar refractivity (Wildman–Crippen MR) is 132 cm³/mol. The van der Waals surface area contributed by atoms with E-state index in [4.69, 9.17) is 4.42 Å². The molecule has 0 atom stereocenters. The lowest BCUT2D eigenvalue weighted by molar-refractivity contribution is 0.248. The van der Waals surface area contributed by atoms with Crippen molar-refractivity contribution in [1.29, 1.82) is 0 Å². The summed E-state index contributed by atoms with van der Waals surface area (Å²) in [6.07, 6.45) is 5.38. The van der Waals surface area contributed by atoms with Crippen LogP contribution >= 0.6 is 11.8 Å². The number of furan rings is 1. The number of benzene rings is 2. The van der Waals surface area contributed by atoms with Crippen molar-refractivity contribution in [1.82, 2.24) is 14.7 Å². The second-order valence-corrected chi connectivity index (χ2v) is 9.07. The lowest BCUT2D eigenvalue weighted by atomic mass is 10.2. The zero-order valence-corrected chi connectivity index (χ0v) is 19.2. The molecule has 7 heteroatoms. The molecule has 6 nitrogen and oxygen atoms in total. The molecule has 0 radical (unpaired) electrons. The van der Waals surface area contributed by atoms with Crippen molar-refractivity contribution in [3.05, 3.63) is 107 Å². The highest BCUT2D eigenvalue weighted by atomic mass is 32.2. The lowest BCUT2D eigenvalue weighted by Crippen LogP contribution is -2.46. The Morgan fingerprint density at radius 1 is 0.879 bits per heavy atom. The molecule has 33 heavy (non-hydrogen) atoms. The highest BCUT2D eigenvalue weighted by Gasteiger charge is 2.23. The van der Waals surface area contributed by atoms with Crippen molar-refractivity contribution < 1.29 is 4.42 Å². The second-order valence-electron chi connectivity index (χ2n) is 8.08. The molecule has 2 aromatic carbocycles. The van der Waals surface area contributed by atoms with Crippen LogP contribution in [-0.4, -0.2) is 40.9 Å². The Labute approximate surface area is 197 Å². The SMILES string of the molecule is O=c1c(SCc2ccccc2)c(N2CCN(Cc3ccoc3)CC2)cnn1-c1ccccc1. The maximum atomic E-state index is 13.6. The minimum atomic E-state index is -0.0690. The summed E-state index contributed by atoms with van der Waals surface area (Å²) in [6.45, 7) is 4.44. The predicted octanol–water partition coefficient (Wildman–Crippen LogP) is 4.44. The van der Waals surface area contributed by atoms with E-state index in [1.165, 1.54) is 15.8 Å². The van der Waals surface area contributed by atoms with Crippen molar-refractivity contribution >= 4 is 17.4 Å². The van der Waals surface area contributed by atoms with Gasteiger partial charge >= 0.3 is 0 Å². The zero-order valence-electron chi connectivity index (χ0n) is 18.3.